The van der Waals surface area contributed by atoms with Crippen LogP contribution in [0.2, 0.25) is 0 Å². The highest BCUT2D eigenvalue weighted by Crippen LogP contribution is 2.26. The number of carbonyl (C=O) groups is 1. The van der Waals surface area contributed by atoms with E-state index in [0.29, 0.717) is 18.9 Å². The van der Waals surface area contributed by atoms with Gasteiger partial charge in [-0.2, -0.15) is 0 Å². The van der Waals surface area contributed by atoms with Gasteiger partial charge >= 0.3 is 6.09 Å². The molecule has 0 saturated carbocycles. The van der Waals surface area contributed by atoms with Gasteiger partial charge in [-0.1, -0.05) is 37.6 Å². The summed E-state index contributed by atoms with van der Waals surface area (Å²) in [5.74, 6) is 0.701. The monoisotopic (exact) mass is 440 g/mol. The summed E-state index contributed by atoms with van der Waals surface area (Å²) in [6.45, 7) is 10.5. The Morgan fingerprint density at radius 3 is 2.72 bits per heavy atom. The lowest BCUT2D eigenvalue weighted by molar-refractivity contribution is -0.0141. The van der Waals surface area contributed by atoms with Crippen molar-refractivity contribution in [1.29, 1.82) is 0 Å². The standard InChI is InChI=1S/C26H36N2O4/c1-5-6-13-30-14-11-20-8-7-9-21(15-20)22-16-24(18-27-17-22)31-19-23-10-12-28(23)25(29)32-26(2,3)4/h7-9,15-18,23H,5-6,10-14,19H2,1-4H3. The van der Waals surface area contributed by atoms with Gasteiger partial charge in [-0.3, -0.25) is 4.98 Å². The van der Waals surface area contributed by atoms with E-state index >= 15 is 0 Å². The van der Waals surface area contributed by atoms with E-state index in [1.165, 1.54) is 5.56 Å². The number of nitrogens with zero attached hydrogens (tertiary/aromatic N) is 2. The number of pyridine rings is 1. The molecule has 1 atom stereocenters. The second-order valence-corrected chi connectivity index (χ2v) is 9.25. The summed E-state index contributed by atoms with van der Waals surface area (Å²) in [5.41, 5.74) is 2.86. The van der Waals surface area contributed by atoms with E-state index in [9.17, 15) is 4.79 Å². The van der Waals surface area contributed by atoms with Crippen molar-refractivity contribution in [2.24, 2.45) is 0 Å². The lowest BCUT2D eigenvalue weighted by Crippen LogP contribution is -2.55. The van der Waals surface area contributed by atoms with E-state index in [2.05, 4.69) is 36.2 Å². The first-order valence-corrected chi connectivity index (χ1v) is 11.6. The molecule has 1 aliphatic rings. The van der Waals surface area contributed by atoms with Crippen molar-refractivity contribution in [2.45, 2.75) is 65.0 Å². The van der Waals surface area contributed by atoms with Crippen molar-refractivity contribution in [1.82, 2.24) is 9.88 Å². The molecule has 0 aliphatic carbocycles. The Morgan fingerprint density at radius 1 is 1.16 bits per heavy atom. The lowest BCUT2D eigenvalue weighted by Gasteiger charge is -2.40. The number of hydrogen-bond acceptors (Lipinski definition) is 5. The van der Waals surface area contributed by atoms with E-state index in [0.717, 1.165) is 50.0 Å². The number of unbranched alkanes of at least 4 members (excludes halogenated alkanes) is 1. The average molecular weight is 441 g/mol. The molecule has 0 spiro atoms. The van der Waals surface area contributed by atoms with Crippen molar-refractivity contribution in [3.05, 3.63) is 48.3 Å². The maximum Gasteiger partial charge on any atom is 0.410 e. The molecule has 3 rings (SSSR count). The third-order valence-electron chi connectivity index (χ3n) is 5.37. The van der Waals surface area contributed by atoms with Gasteiger partial charge in [-0.05, 0) is 57.2 Å². The predicted octanol–water partition coefficient (Wildman–Crippen LogP) is 5.50. The van der Waals surface area contributed by atoms with Gasteiger partial charge in [0.15, 0.2) is 0 Å². The fourth-order valence-corrected chi connectivity index (χ4v) is 3.47. The first kappa shape index (κ1) is 24.1. The number of hydrogen-bond donors (Lipinski definition) is 0. The van der Waals surface area contributed by atoms with Gasteiger partial charge in [0.25, 0.3) is 0 Å². The zero-order valence-electron chi connectivity index (χ0n) is 19.8. The summed E-state index contributed by atoms with van der Waals surface area (Å²) in [6.07, 6.45) is 7.35. The maximum atomic E-state index is 12.3. The molecule has 1 saturated heterocycles. The van der Waals surface area contributed by atoms with Crippen molar-refractivity contribution in [2.75, 3.05) is 26.4 Å². The van der Waals surface area contributed by atoms with Crippen LogP contribution in [0.1, 0.15) is 52.5 Å². The van der Waals surface area contributed by atoms with Crippen LogP contribution in [-0.4, -0.2) is 54.0 Å². The Labute approximate surface area is 191 Å². The van der Waals surface area contributed by atoms with Gasteiger partial charge in [-0.15, -0.1) is 0 Å². The van der Waals surface area contributed by atoms with Gasteiger partial charge in [0.1, 0.15) is 18.0 Å². The molecule has 1 unspecified atom stereocenters. The number of carbonyl (C=O) groups excluding carboxylic acids is 1. The molecule has 2 heterocycles. The second-order valence-electron chi connectivity index (χ2n) is 9.25. The van der Waals surface area contributed by atoms with Crippen LogP contribution < -0.4 is 4.74 Å². The zero-order chi connectivity index (χ0) is 23.0. The summed E-state index contributed by atoms with van der Waals surface area (Å²) in [6, 6.07) is 10.5. The molecule has 32 heavy (non-hydrogen) atoms. The van der Waals surface area contributed by atoms with E-state index in [1.54, 1.807) is 11.1 Å². The van der Waals surface area contributed by atoms with Crippen molar-refractivity contribution >= 4 is 6.09 Å². The van der Waals surface area contributed by atoms with Crippen LogP contribution in [0.15, 0.2) is 42.7 Å². The third-order valence-corrected chi connectivity index (χ3v) is 5.37. The number of aromatic nitrogens is 1. The minimum absolute atomic E-state index is 0.0320. The summed E-state index contributed by atoms with van der Waals surface area (Å²) in [4.78, 5) is 18.4. The predicted molar refractivity (Wildman–Crippen MR) is 126 cm³/mol. The van der Waals surface area contributed by atoms with Crippen LogP contribution in [0.5, 0.6) is 5.75 Å². The minimum atomic E-state index is -0.494. The molecule has 2 aromatic rings. The quantitative estimate of drug-likeness (QED) is 0.457. The maximum absolute atomic E-state index is 12.3. The summed E-state index contributed by atoms with van der Waals surface area (Å²) in [5, 5.41) is 0. The van der Waals surface area contributed by atoms with E-state index in [1.807, 2.05) is 33.0 Å². The molecule has 174 valence electrons. The van der Waals surface area contributed by atoms with Crippen molar-refractivity contribution in [3.8, 4) is 16.9 Å². The van der Waals surface area contributed by atoms with Gasteiger partial charge in [0.2, 0.25) is 0 Å². The summed E-state index contributed by atoms with van der Waals surface area (Å²) >= 11 is 0. The molecule has 1 aromatic carbocycles. The smallest absolute Gasteiger partial charge is 0.410 e. The van der Waals surface area contributed by atoms with Crippen LogP contribution in [-0.2, 0) is 15.9 Å². The number of benzene rings is 1. The van der Waals surface area contributed by atoms with Crippen LogP contribution in [0, 0.1) is 0 Å². The Hall–Kier alpha value is -2.60. The largest absolute Gasteiger partial charge is 0.490 e. The molecule has 6 nitrogen and oxygen atoms in total. The molecule has 1 fully saturated rings. The van der Waals surface area contributed by atoms with Gasteiger partial charge in [0, 0.05) is 24.9 Å². The molecule has 1 aromatic heterocycles. The van der Waals surface area contributed by atoms with Crippen LogP contribution >= 0.6 is 0 Å². The number of ether oxygens (including phenoxy) is 3. The molecule has 6 heteroatoms. The first-order valence-electron chi connectivity index (χ1n) is 11.6. The van der Waals surface area contributed by atoms with Gasteiger partial charge < -0.3 is 19.1 Å². The van der Waals surface area contributed by atoms with Crippen LogP contribution in [0.4, 0.5) is 4.79 Å². The molecular formula is C26H36N2O4. The number of rotatable bonds is 10. The Balaban J connectivity index is 1.54. The Kier molecular flexibility index (Phi) is 8.51. The highest BCUT2D eigenvalue weighted by atomic mass is 16.6. The summed E-state index contributed by atoms with van der Waals surface area (Å²) < 4.78 is 17.1. The van der Waals surface area contributed by atoms with Crippen LogP contribution in [0.3, 0.4) is 0 Å². The number of amides is 1. The summed E-state index contributed by atoms with van der Waals surface area (Å²) in [7, 11) is 0. The third kappa shape index (κ3) is 7.23. The second kappa shape index (κ2) is 11.3. The fraction of sp³-hybridized carbons (Fsp3) is 0.538. The van der Waals surface area contributed by atoms with Crippen LogP contribution in [0.25, 0.3) is 11.1 Å². The molecule has 0 N–H and O–H groups in total. The molecular weight excluding hydrogens is 404 g/mol. The first-order chi connectivity index (χ1) is 15.4. The van der Waals surface area contributed by atoms with Gasteiger partial charge in [-0.25, -0.2) is 4.79 Å². The fourth-order valence-electron chi connectivity index (χ4n) is 3.47. The lowest BCUT2D eigenvalue weighted by atomic mass is 10.0. The van der Waals surface area contributed by atoms with Gasteiger partial charge in [0.05, 0.1) is 18.8 Å². The van der Waals surface area contributed by atoms with E-state index < -0.39 is 5.60 Å². The number of likely N-dealkylation sites (tertiary alicyclic amines) is 1. The van der Waals surface area contributed by atoms with Crippen molar-refractivity contribution in [3.63, 3.8) is 0 Å². The normalized spacial score (nSPS) is 15.9. The zero-order valence-corrected chi connectivity index (χ0v) is 19.8. The highest BCUT2D eigenvalue weighted by Gasteiger charge is 2.35. The Morgan fingerprint density at radius 2 is 2.00 bits per heavy atom. The van der Waals surface area contributed by atoms with Crippen molar-refractivity contribution < 1.29 is 19.0 Å². The molecule has 0 bridgehead atoms. The molecule has 1 aliphatic heterocycles. The minimum Gasteiger partial charge on any atom is -0.490 e. The van der Waals surface area contributed by atoms with E-state index in [-0.39, 0.29) is 12.1 Å². The van der Waals surface area contributed by atoms with E-state index in [4.69, 9.17) is 14.2 Å². The molecule has 1 amide bonds. The highest BCUT2D eigenvalue weighted by molar-refractivity contribution is 5.69. The molecule has 0 radical (unpaired) electrons. The SMILES string of the molecule is CCCCOCCc1cccc(-c2cncc(OCC3CCN3C(=O)OC(C)(C)C)c2)c1. The topological polar surface area (TPSA) is 60.9 Å². The Bertz CT molecular complexity index is 878. The average Bonchev–Trinajstić information content (AvgIpc) is 2.72.